The van der Waals surface area contributed by atoms with Crippen LogP contribution in [0, 0.1) is 0 Å². The molecule has 11 rings (SSSR count). The fourth-order valence-corrected chi connectivity index (χ4v) is 8.18. The highest BCUT2D eigenvalue weighted by molar-refractivity contribution is 6.16. The highest BCUT2D eigenvalue weighted by Gasteiger charge is 2.22. The first-order valence-corrected chi connectivity index (χ1v) is 18.0. The van der Waals surface area contributed by atoms with Crippen LogP contribution in [0.25, 0.3) is 106 Å². The molecule has 0 aliphatic heterocycles. The van der Waals surface area contributed by atoms with Gasteiger partial charge in [-0.05, 0) is 80.6 Å². The van der Waals surface area contributed by atoms with Crippen LogP contribution in [0.2, 0.25) is 0 Å². The lowest BCUT2D eigenvalue weighted by Gasteiger charge is -2.14. The van der Waals surface area contributed by atoms with Gasteiger partial charge in [-0.25, -0.2) is 15.0 Å². The standard InChI is InChI=1S/C49H30N4/c1-2-13-32(14-3-1)47-50-48(33-27-25-31(26-28-33)35-29-34-15-12-21-40-36-16-4-5-17-37(36)42(30-35)46(34)40)52-49(51-47)41-20-8-11-24-45(41)53-43-22-9-6-18-38(43)39-19-7-10-23-44(39)53/h1-30H. The molecule has 0 amide bonds. The molecule has 0 atom stereocenters. The van der Waals surface area contributed by atoms with Crippen molar-refractivity contribution in [1.29, 1.82) is 0 Å². The van der Waals surface area contributed by atoms with E-state index < -0.39 is 0 Å². The van der Waals surface area contributed by atoms with Crippen LogP contribution in [0.15, 0.2) is 182 Å². The van der Waals surface area contributed by atoms with Crippen LogP contribution >= 0.6 is 0 Å². The lowest BCUT2D eigenvalue weighted by molar-refractivity contribution is 1.06. The zero-order chi connectivity index (χ0) is 34.9. The van der Waals surface area contributed by atoms with E-state index in [1.165, 1.54) is 49.4 Å². The molecule has 2 heterocycles. The van der Waals surface area contributed by atoms with Gasteiger partial charge in [-0.15, -0.1) is 0 Å². The Kier molecular flexibility index (Phi) is 6.52. The van der Waals surface area contributed by atoms with E-state index in [-0.39, 0.29) is 0 Å². The third-order valence-electron chi connectivity index (χ3n) is 10.6. The van der Waals surface area contributed by atoms with E-state index in [4.69, 9.17) is 15.0 Å². The topological polar surface area (TPSA) is 43.6 Å². The fraction of sp³-hybridized carbons (Fsp3) is 0. The Balaban J connectivity index is 1.06. The van der Waals surface area contributed by atoms with Crippen molar-refractivity contribution in [2.45, 2.75) is 0 Å². The summed E-state index contributed by atoms with van der Waals surface area (Å²) < 4.78 is 2.33. The summed E-state index contributed by atoms with van der Waals surface area (Å²) in [5.41, 5.74) is 13.7. The number of hydrogen-bond acceptors (Lipinski definition) is 3. The predicted octanol–water partition coefficient (Wildman–Crippen LogP) is 12.4. The van der Waals surface area contributed by atoms with E-state index in [0.717, 1.165) is 39.0 Å². The molecule has 1 aliphatic carbocycles. The minimum absolute atomic E-state index is 0.627. The van der Waals surface area contributed by atoms with Gasteiger partial charge in [0.2, 0.25) is 0 Å². The second kappa shape index (κ2) is 11.7. The van der Waals surface area contributed by atoms with Crippen LogP contribution in [0.3, 0.4) is 0 Å². The van der Waals surface area contributed by atoms with Crippen LogP contribution in [-0.4, -0.2) is 19.5 Å². The summed E-state index contributed by atoms with van der Waals surface area (Å²) in [4.78, 5) is 15.4. The van der Waals surface area contributed by atoms with E-state index in [2.05, 4.69) is 168 Å². The first-order valence-electron chi connectivity index (χ1n) is 18.0. The van der Waals surface area contributed by atoms with Crippen LogP contribution < -0.4 is 0 Å². The van der Waals surface area contributed by atoms with Crippen molar-refractivity contribution in [2.24, 2.45) is 0 Å². The van der Waals surface area contributed by atoms with Crippen LogP contribution in [-0.2, 0) is 0 Å². The molecule has 8 aromatic carbocycles. The summed E-state index contributed by atoms with van der Waals surface area (Å²) in [6, 6.07) is 64.4. The molecule has 0 unspecified atom stereocenters. The molecule has 1 aliphatic rings. The lowest BCUT2D eigenvalue weighted by Crippen LogP contribution is -2.03. The Morgan fingerprint density at radius 2 is 0.849 bits per heavy atom. The van der Waals surface area contributed by atoms with Gasteiger partial charge in [0.1, 0.15) is 0 Å². The maximum Gasteiger partial charge on any atom is 0.166 e. The van der Waals surface area contributed by atoms with Gasteiger partial charge in [0.15, 0.2) is 17.5 Å². The summed E-state index contributed by atoms with van der Waals surface area (Å²) in [5.74, 6) is 1.90. The Labute approximate surface area is 306 Å². The highest BCUT2D eigenvalue weighted by Crippen LogP contribution is 2.48. The Bertz CT molecular complexity index is 3000. The molecule has 246 valence electrons. The van der Waals surface area contributed by atoms with Gasteiger partial charge >= 0.3 is 0 Å². The zero-order valence-electron chi connectivity index (χ0n) is 28.6. The van der Waals surface area contributed by atoms with Gasteiger partial charge in [-0.3, -0.25) is 0 Å². The molecule has 0 N–H and O–H groups in total. The van der Waals surface area contributed by atoms with Crippen molar-refractivity contribution < 1.29 is 0 Å². The number of aromatic nitrogens is 4. The van der Waals surface area contributed by atoms with E-state index in [0.29, 0.717) is 17.5 Å². The Morgan fingerprint density at radius 1 is 0.321 bits per heavy atom. The van der Waals surface area contributed by atoms with Gasteiger partial charge in [-0.2, -0.15) is 0 Å². The predicted molar refractivity (Wildman–Crippen MR) is 218 cm³/mol. The van der Waals surface area contributed by atoms with Crippen molar-refractivity contribution in [3.63, 3.8) is 0 Å². The molecule has 10 aromatic rings. The van der Waals surface area contributed by atoms with E-state index >= 15 is 0 Å². The first kappa shape index (κ1) is 29.5. The van der Waals surface area contributed by atoms with Gasteiger partial charge < -0.3 is 4.57 Å². The number of benzene rings is 8. The highest BCUT2D eigenvalue weighted by atomic mass is 15.1. The van der Waals surface area contributed by atoms with E-state index in [1.54, 1.807) is 0 Å². The van der Waals surface area contributed by atoms with Crippen LogP contribution in [0.1, 0.15) is 0 Å². The maximum absolute atomic E-state index is 5.20. The number of hydrogen-bond donors (Lipinski definition) is 0. The number of para-hydroxylation sites is 3. The molecule has 0 fully saturated rings. The van der Waals surface area contributed by atoms with E-state index in [1.807, 2.05) is 18.2 Å². The average molecular weight is 675 g/mol. The van der Waals surface area contributed by atoms with Crippen LogP contribution in [0.4, 0.5) is 0 Å². The third kappa shape index (κ3) is 4.66. The van der Waals surface area contributed by atoms with Gasteiger partial charge in [0.05, 0.1) is 16.7 Å². The monoisotopic (exact) mass is 674 g/mol. The molecule has 0 bridgehead atoms. The van der Waals surface area contributed by atoms with E-state index in [9.17, 15) is 0 Å². The molecule has 4 heteroatoms. The molecular formula is C49H30N4. The molecule has 0 saturated carbocycles. The molecule has 0 spiro atoms. The second-order valence-electron chi connectivity index (χ2n) is 13.6. The normalized spacial score (nSPS) is 11.8. The number of fused-ring (bicyclic) bond motifs is 6. The maximum atomic E-state index is 5.20. The van der Waals surface area contributed by atoms with Crippen LogP contribution in [0.5, 0.6) is 0 Å². The Morgan fingerprint density at radius 3 is 1.57 bits per heavy atom. The van der Waals surface area contributed by atoms with Crippen molar-refractivity contribution in [3.05, 3.63) is 182 Å². The molecule has 2 aromatic heterocycles. The number of rotatable bonds is 5. The zero-order valence-corrected chi connectivity index (χ0v) is 28.6. The molecule has 4 nitrogen and oxygen atoms in total. The number of nitrogens with zero attached hydrogens (tertiary/aromatic N) is 4. The van der Waals surface area contributed by atoms with Crippen molar-refractivity contribution in [1.82, 2.24) is 19.5 Å². The minimum atomic E-state index is 0.627. The quantitative estimate of drug-likeness (QED) is 0.182. The summed E-state index contributed by atoms with van der Waals surface area (Å²) in [6.07, 6.45) is 0. The first-order chi connectivity index (χ1) is 26.3. The lowest BCUT2D eigenvalue weighted by atomic mass is 9.95. The summed E-state index contributed by atoms with van der Waals surface area (Å²) in [5, 5.41) is 5.02. The third-order valence-corrected chi connectivity index (χ3v) is 10.6. The summed E-state index contributed by atoms with van der Waals surface area (Å²) in [6.45, 7) is 0. The van der Waals surface area contributed by atoms with Crippen molar-refractivity contribution in [3.8, 4) is 73.2 Å². The van der Waals surface area contributed by atoms with Gasteiger partial charge in [0, 0.05) is 27.5 Å². The minimum Gasteiger partial charge on any atom is -0.309 e. The molecule has 53 heavy (non-hydrogen) atoms. The SMILES string of the molecule is c1ccc(-c2nc(-c3ccc(-c4cc5c6c(cccc6c4)-c4ccccc4-5)cc3)nc(-c3ccccc3-n3c4ccccc4c4ccccc43)n2)cc1. The molecular weight excluding hydrogens is 645 g/mol. The fourth-order valence-electron chi connectivity index (χ4n) is 8.18. The largest absolute Gasteiger partial charge is 0.309 e. The smallest absolute Gasteiger partial charge is 0.166 e. The average Bonchev–Trinajstić information content (AvgIpc) is 3.75. The summed E-state index contributed by atoms with van der Waals surface area (Å²) in [7, 11) is 0. The molecule has 0 radical (unpaired) electrons. The Hall–Kier alpha value is -7.17. The van der Waals surface area contributed by atoms with Crippen molar-refractivity contribution >= 4 is 32.6 Å². The molecule has 0 saturated heterocycles. The van der Waals surface area contributed by atoms with Gasteiger partial charge in [-0.1, -0.05) is 146 Å². The van der Waals surface area contributed by atoms with Gasteiger partial charge in [0.25, 0.3) is 0 Å². The summed E-state index contributed by atoms with van der Waals surface area (Å²) >= 11 is 0. The van der Waals surface area contributed by atoms with Crippen molar-refractivity contribution in [2.75, 3.05) is 0 Å². The second-order valence-corrected chi connectivity index (χ2v) is 13.6.